The molecule has 0 aliphatic heterocycles. The van der Waals surface area contributed by atoms with Crippen LogP contribution < -0.4 is 15.2 Å². The first-order valence-corrected chi connectivity index (χ1v) is 10.7. The Morgan fingerprint density at radius 3 is 2.45 bits per heavy atom. The summed E-state index contributed by atoms with van der Waals surface area (Å²) in [5.74, 6) is -0.636. The van der Waals surface area contributed by atoms with Crippen molar-refractivity contribution >= 4 is 15.7 Å². The second-order valence-corrected chi connectivity index (χ2v) is 10.1. The minimum atomic E-state index is -3.79. The highest BCUT2D eigenvalue weighted by atomic mass is 32.2. The van der Waals surface area contributed by atoms with Crippen molar-refractivity contribution in [1.29, 1.82) is 5.41 Å². The third-order valence-electron chi connectivity index (χ3n) is 4.94. The van der Waals surface area contributed by atoms with E-state index >= 15 is 0 Å². The highest BCUT2D eigenvalue weighted by Crippen LogP contribution is 2.34. The van der Waals surface area contributed by atoms with Crippen LogP contribution in [0.15, 0.2) is 36.4 Å². The number of sulfone groups is 1. The second kappa shape index (κ2) is 8.41. The molecule has 0 aromatic heterocycles. The van der Waals surface area contributed by atoms with Gasteiger partial charge in [-0.2, -0.15) is 0 Å². The Labute approximate surface area is 171 Å². The lowest BCUT2D eigenvalue weighted by Crippen LogP contribution is -2.46. The van der Waals surface area contributed by atoms with Crippen LogP contribution in [0.2, 0.25) is 0 Å². The molecule has 0 saturated carbocycles. The van der Waals surface area contributed by atoms with E-state index in [0.29, 0.717) is 17.2 Å². The molecule has 0 aliphatic rings. The van der Waals surface area contributed by atoms with Crippen molar-refractivity contribution in [3.8, 4) is 17.2 Å². The van der Waals surface area contributed by atoms with E-state index in [1.165, 1.54) is 39.2 Å². The lowest BCUT2D eigenvalue weighted by molar-refractivity contribution is 0.378. The second-order valence-electron chi connectivity index (χ2n) is 7.55. The van der Waals surface area contributed by atoms with Crippen LogP contribution in [0.5, 0.6) is 17.2 Å². The lowest BCUT2D eigenvalue weighted by Gasteiger charge is -2.25. The van der Waals surface area contributed by atoms with E-state index in [4.69, 9.17) is 20.6 Å². The van der Waals surface area contributed by atoms with E-state index in [1.807, 2.05) is 19.1 Å². The predicted octanol–water partition coefficient (Wildman–Crippen LogP) is 4.17. The van der Waals surface area contributed by atoms with Crippen LogP contribution >= 0.6 is 0 Å². The van der Waals surface area contributed by atoms with Gasteiger partial charge in [-0.05, 0) is 68.1 Å². The maximum absolute atomic E-state index is 14.4. The van der Waals surface area contributed by atoms with Crippen LogP contribution in [-0.4, -0.2) is 31.9 Å². The molecule has 3 N–H and O–H groups in total. The zero-order valence-corrected chi connectivity index (χ0v) is 18.1. The molecule has 0 amide bonds. The van der Waals surface area contributed by atoms with Gasteiger partial charge < -0.3 is 15.2 Å². The normalized spacial score (nSPS) is 13.0. The zero-order valence-electron chi connectivity index (χ0n) is 17.2. The molecule has 0 radical (unpaired) electrons. The largest absolute Gasteiger partial charge is 0.493 e. The number of amidine groups is 1. The van der Waals surface area contributed by atoms with Crippen molar-refractivity contribution in [1.82, 2.24) is 0 Å². The number of benzene rings is 2. The van der Waals surface area contributed by atoms with E-state index in [9.17, 15) is 12.8 Å². The Kier molecular flexibility index (Phi) is 6.57. The van der Waals surface area contributed by atoms with E-state index in [2.05, 4.69) is 0 Å². The molecule has 6 nitrogen and oxygen atoms in total. The van der Waals surface area contributed by atoms with Gasteiger partial charge in [0, 0.05) is 0 Å². The molecule has 8 heteroatoms. The van der Waals surface area contributed by atoms with Gasteiger partial charge in [-0.25, -0.2) is 12.8 Å². The quantitative estimate of drug-likeness (QED) is 0.491. The molecule has 1 atom stereocenters. The molecule has 0 saturated heterocycles. The molecule has 0 fully saturated rings. The van der Waals surface area contributed by atoms with Crippen LogP contribution in [0, 0.1) is 18.2 Å². The van der Waals surface area contributed by atoms with Gasteiger partial charge in [-0.15, -0.1) is 0 Å². The summed E-state index contributed by atoms with van der Waals surface area (Å²) < 4.78 is 49.5. The minimum Gasteiger partial charge on any atom is -0.493 e. The average Bonchev–Trinajstić information content (AvgIpc) is 2.63. The topological polar surface area (TPSA) is 102 Å². The maximum atomic E-state index is 14.4. The molecule has 2 aromatic carbocycles. The summed E-state index contributed by atoms with van der Waals surface area (Å²) >= 11 is 0. The van der Waals surface area contributed by atoms with Crippen LogP contribution in [0.25, 0.3) is 0 Å². The summed E-state index contributed by atoms with van der Waals surface area (Å²) in [6.07, 6.45) is 0. The van der Waals surface area contributed by atoms with Crippen LogP contribution in [0.1, 0.15) is 37.8 Å². The summed E-state index contributed by atoms with van der Waals surface area (Å²) in [6.45, 7) is 6.28. The predicted molar refractivity (Wildman–Crippen MR) is 112 cm³/mol. The molecule has 0 spiro atoms. The summed E-state index contributed by atoms with van der Waals surface area (Å²) in [4.78, 5) is 0. The number of methoxy groups -OCH3 is 1. The van der Waals surface area contributed by atoms with Crippen molar-refractivity contribution in [2.75, 3.05) is 12.9 Å². The molecule has 2 rings (SSSR count). The highest BCUT2D eigenvalue weighted by molar-refractivity contribution is 7.93. The first-order valence-electron chi connectivity index (χ1n) is 9.07. The lowest BCUT2D eigenvalue weighted by atomic mass is 10.0. The number of rotatable bonds is 8. The molecule has 1 unspecified atom stereocenters. The first kappa shape index (κ1) is 22.7. The van der Waals surface area contributed by atoms with Gasteiger partial charge in [0.05, 0.1) is 12.9 Å². The standard InChI is InChI=1S/C21H27FN2O4S/c1-13-6-9-18(19(10-13)27-5)28-15-7-8-17(22)16(11-15)14(2)12-29(25,26)21(3,4)20(23)24/h6-11,14H,12H2,1-5H3,(H3,23,24). The van der Waals surface area contributed by atoms with E-state index in [0.717, 1.165) is 5.56 Å². The number of nitrogens with two attached hydrogens (primary N) is 1. The highest BCUT2D eigenvalue weighted by Gasteiger charge is 2.38. The van der Waals surface area contributed by atoms with Crippen molar-refractivity contribution < 1.29 is 22.3 Å². The van der Waals surface area contributed by atoms with Crippen molar-refractivity contribution in [2.24, 2.45) is 5.73 Å². The molecular formula is C21H27FN2O4S. The number of aryl methyl sites for hydroxylation is 1. The SMILES string of the molecule is COc1cc(C)ccc1Oc1ccc(F)c(C(C)CS(=O)(=O)C(C)(C)C(=N)N)c1. The molecule has 29 heavy (non-hydrogen) atoms. The van der Waals surface area contributed by atoms with Gasteiger partial charge in [0.25, 0.3) is 0 Å². The Balaban J connectivity index is 2.33. The third-order valence-corrected chi connectivity index (χ3v) is 7.65. The van der Waals surface area contributed by atoms with Gasteiger partial charge in [-0.1, -0.05) is 13.0 Å². The third kappa shape index (κ3) is 4.87. The number of ether oxygens (including phenoxy) is 2. The van der Waals surface area contributed by atoms with Gasteiger partial charge in [-0.3, -0.25) is 5.41 Å². The summed E-state index contributed by atoms with van der Waals surface area (Å²) in [6, 6.07) is 9.62. The van der Waals surface area contributed by atoms with E-state index in [-0.39, 0.29) is 11.3 Å². The molecule has 0 heterocycles. The van der Waals surface area contributed by atoms with Crippen LogP contribution in [0.4, 0.5) is 4.39 Å². The van der Waals surface area contributed by atoms with Crippen molar-refractivity contribution in [3.63, 3.8) is 0 Å². The van der Waals surface area contributed by atoms with Crippen LogP contribution in [-0.2, 0) is 9.84 Å². The smallest absolute Gasteiger partial charge is 0.169 e. The zero-order chi connectivity index (χ0) is 22.0. The number of nitrogens with one attached hydrogen (secondary N) is 1. The molecule has 2 aromatic rings. The van der Waals surface area contributed by atoms with Crippen molar-refractivity contribution in [3.05, 3.63) is 53.3 Å². The summed E-state index contributed by atoms with van der Waals surface area (Å²) in [5, 5.41) is 7.55. The first-order chi connectivity index (χ1) is 13.4. The average molecular weight is 423 g/mol. The number of halogens is 1. The van der Waals surface area contributed by atoms with Crippen molar-refractivity contribution in [2.45, 2.75) is 38.4 Å². The number of hydrogen-bond donors (Lipinski definition) is 2. The van der Waals surface area contributed by atoms with Gasteiger partial charge in [0.15, 0.2) is 21.3 Å². The molecule has 0 aliphatic carbocycles. The maximum Gasteiger partial charge on any atom is 0.169 e. The Hall–Kier alpha value is -2.61. The van der Waals surface area contributed by atoms with Crippen LogP contribution in [0.3, 0.4) is 0 Å². The van der Waals surface area contributed by atoms with E-state index < -0.39 is 32.2 Å². The summed E-state index contributed by atoms with van der Waals surface area (Å²) in [5.41, 5.74) is 6.65. The molecular weight excluding hydrogens is 395 g/mol. The Morgan fingerprint density at radius 2 is 1.86 bits per heavy atom. The summed E-state index contributed by atoms with van der Waals surface area (Å²) in [7, 11) is -2.26. The van der Waals surface area contributed by atoms with Gasteiger partial charge >= 0.3 is 0 Å². The number of hydrogen-bond acceptors (Lipinski definition) is 5. The molecule has 0 bridgehead atoms. The molecule has 158 valence electrons. The monoisotopic (exact) mass is 422 g/mol. The Morgan fingerprint density at radius 1 is 1.21 bits per heavy atom. The fourth-order valence-corrected chi connectivity index (χ4v) is 4.33. The van der Waals surface area contributed by atoms with Gasteiger partial charge in [0.1, 0.15) is 22.1 Å². The minimum absolute atomic E-state index is 0.205. The Bertz CT molecular complexity index is 1020. The fraction of sp³-hybridized carbons (Fsp3) is 0.381. The van der Waals surface area contributed by atoms with E-state index in [1.54, 1.807) is 13.0 Å². The fourth-order valence-electron chi connectivity index (χ4n) is 2.74. The van der Waals surface area contributed by atoms with Gasteiger partial charge in [0.2, 0.25) is 0 Å².